The molecule has 0 aliphatic carbocycles. The second-order valence-electron chi connectivity index (χ2n) is 5.42. The minimum atomic E-state index is -0.151. The van der Waals surface area contributed by atoms with Crippen molar-refractivity contribution < 1.29 is 14.3 Å². The zero-order valence-electron chi connectivity index (χ0n) is 14.4. The number of carbonyl (C=O) groups is 1. The van der Waals surface area contributed by atoms with Gasteiger partial charge in [-0.3, -0.25) is 9.78 Å². The van der Waals surface area contributed by atoms with Crippen molar-refractivity contribution in [3.05, 3.63) is 53.9 Å². The summed E-state index contributed by atoms with van der Waals surface area (Å²) in [7, 11) is 0. The molecule has 24 heavy (non-hydrogen) atoms. The average molecular weight is 328 g/mol. The number of nitrogens with one attached hydrogen (secondary N) is 1. The van der Waals surface area contributed by atoms with Crippen molar-refractivity contribution in [2.45, 2.75) is 33.2 Å². The van der Waals surface area contributed by atoms with Crippen LogP contribution in [-0.2, 0) is 0 Å². The molecule has 5 heteroatoms. The van der Waals surface area contributed by atoms with Gasteiger partial charge < -0.3 is 14.8 Å². The Morgan fingerprint density at radius 3 is 2.54 bits per heavy atom. The molecule has 0 fully saturated rings. The van der Waals surface area contributed by atoms with Crippen LogP contribution in [0.4, 0.5) is 0 Å². The summed E-state index contributed by atoms with van der Waals surface area (Å²) in [6.45, 7) is 7.02. The van der Waals surface area contributed by atoms with Crippen molar-refractivity contribution in [2.75, 3.05) is 13.2 Å². The fraction of sp³-hybridized carbons (Fsp3) is 0.368. The lowest BCUT2D eigenvalue weighted by Gasteiger charge is -2.16. The second-order valence-corrected chi connectivity index (χ2v) is 5.42. The average Bonchev–Trinajstić information content (AvgIpc) is 2.61. The van der Waals surface area contributed by atoms with Crippen molar-refractivity contribution in [2.24, 2.45) is 0 Å². The second kappa shape index (κ2) is 8.91. The van der Waals surface area contributed by atoms with E-state index in [2.05, 4.69) is 10.3 Å². The van der Waals surface area contributed by atoms with E-state index in [1.807, 2.05) is 32.9 Å². The van der Waals surface area contributed by atoms with E-state index in [1.54, 1.807) is 30.6 Å². The maximum Gasteiger partial charge on any atom is 0.251 e. The first-order valence-corrected chi connectivity index (χ1v) is 8.26. The lowest BCUT2D eigenvalue weighted by Crippen LogP contribution is -2.26. The summed E-state index contributed by atoms with van der Waals surface area (Å²) < 4.78 is 11.3. The molecule has 0 saturated heterocycles. The van der Waals surface area contributed by atoms with Crippen LogP contribution in [0.2, 0.25) is 0 Å². The Kier molecular flexibility index (Phi) is 6.61. The van der Waals surface area contributed by atoms with Gasteiger partial charge in [0.25, 0.3) is 5.91 Å². The molecule has 1 unspecified atom stereocenters. The van der Waals surface area contributed by atoms with Crippen LogP contribution >= 0.6 is 0 Å². The summed E-state index contributed by atoms with van der Waals surface area (Å²) in [5.41, 5.74) is 1.55. The van der Waals surface area contributed by atoms with Gasteiger partial charge in [-0.15, -0.1) is 0 Å². The number of aromatic nitrogens is 1. The fourth-order valence-corrected chi connectivity index (χ4v) is 2.26. The number of hydrogen-bond donors (Lipinski definition) is 1. The van der Waals surface area contributed by atoms with Crippen LogP contribution in [-0.4, -0.2) is 24.1 Å². The Hall–Kier alpha value is -2.56. The number of amides is 1. The first-order chi connectivity index (χ1) is 11.7. The third-order valence-corrected chi connectivity index (χ3v) is 3.52. The first kappa shape index (κ1) is 17.8. The number of ether oxygens (including phenoxy) is 2. The Balaban J connectivity index is 2.12. The van der Waals surface area contributed by atoms with E-state index in [-0.39, 0.29) is 11.9 Å². The molecule has 1 atom stereocenters. The molecule has 2 rings (SSSR count). The highest BCUT2D eigenvalue weighted by Gasteiger charge is 2.14. The van der Waals surface area contributed by atoms with Gasteiger partial charge in [-0.2, -0.15) is 0 Å². The van der Waals surface area contributed by atoms with Gasteiger partial charge in [-0.1, -0.05) is 6.92 Å². The quantitative estimate of drug-likeness (QED) is 0.801. The molecule has 1 N–H and O–H groups in total. The van der Waals surface area contributed by atoms with Crippen LogP contribution in [0.5, 0.6) is 11.5 Å². The van der Waals surface area contributed by atoms with E-state index in [4.69, 9.17) is 9.47 Å². The minimum absolute atomic E-state index is 0.105. The van der Waals surface area contributed by atoms with Crippen molar-refractivity contribution in [3.8, 4) is 11.5 Å². The molecule has 0 radical (unpaired) electrons. The number of carbonyl (C=O) groups excluding carboxylic acids is 1. The van der Waals surface area contributed by atoms with Crippen LogP contribution in [0, 0.1) is 0 Å². The Morgan fingerprint density at radius 1 is 1.12 bits per heavy atom. The van der Waals surface area contributed by atoms with Gasteiger partial charge in [0.05, 0.1) is 19.3 Å². The highest BCUT2D eigenvalue weighted by atomic mass is 16.5. The molecule has 128 valence electrons. The number of rotatable bonds is 8. The van der Waals surface area contributed by atoms with Gasteiger partial charge in [0.2, 0.25) is 0 Å². The molecular formula is C19H24N2O3. The summed E-state index contributed by atoms with van der Waals surface area (Å²) in [5, 5.41) is 2.98. The first-order valence-electron chi connectivity index (χ1n) is 8.26. The van der Waals surface area contributed by atoms with Gasteiger partial charge in [-0.25, -0.2) is 0 Å². The highest BCUT2D eigenvalue weighted by Crippen LogP contribution is 2.29. The predicted molar refractivity (Wildman–Crippen MR) is 93.5 cm³/mol. The van der Waals surface area contributed by atoms with Gasteiger partial charge >= 0.3 is 0 Å². The lowest BCUT2D eigenvalue weighted by molar-refractivity contribution is 0.0939. The smallest absolute Gasteiger partial charge is 0.251 e. The number of benzene rings is 1. The molecule has 1 aromatic carbocycles. The van der Waals surface area contributed by atoms with E-state index in [1.165, 1.54) is 0 Å². The molecule has 0 spiro atoms. The predicted octanol–water partition coefficient (Wildman–Crippen LogP) is 3.76. The van der Waals surface area contributed by atoms with Crippen molar-refractivity contribution in [1.29, 1.82) is 0 Å². The molecule has 1 amide bonds. The molecule has 1 heterocycles. The molecule has 2 aromatic rings. The topological polar surface area (TPSA) is 60.5 Å². The summed E-state index contributed by atoms with van der Waals surface area (Å²) in [6.07, 6.45) is 4.34. The van der Waals surface area contributed by atoms with Gasteiger partial charge in [-0.05, 0) is 56.2 Å². The summed E-state index contributed by atoms with van der Waals surface area (Å²) in [4.78, 5) is 16.5. The van der Waals surface area contributed by atoms with E-state index in [9.17, 15) is 4.79 Å². The van der Waals surface area contributed by atoms with Crippen LogP contribution in [0.3, 0.4) is 0 Å². The molecular weight excluding hydrogens is 304 g/mol. The molecule has 0 bridgehead atoms. The molecule has 0 saturated carbocycles. The van der Waals surface area contributed by atoms with Gasteiger partial charge in [0, 0.05) is 18.0 Å². The Labute approximate surface area is 143 Å². The van der Waals surface area contributed by atoms with E-state index in [0.717, 1.165) is 12.0 Å². The van der Waals surface area contributed by atoms with Crippen LogP contribution < -0.4 is 14.8 Å². The number of hydrogen-bond acceptors (Lipinski definition) is 4. The summed E-state index contributed by atoms with van der Waals surface area (Å²) in [6, 6.07) is 8.93. The highest BCUT2D eigenvalue weighted by molar-refractivity contribution is 5.95. The Morgan fingerprint density at radius 2 is 1.88 bits per heavy atom. The molecule has 0 aliphatic heterocycles. The maximum atomic E-state index is 12.5. The normalized spacial score (nSPS) is 11.6. The SMILES string of the molecule is CCCOc1ccc(C(=O)NC(C)c2ccncc2)cc1OCC. The third kappa shape index (κ3) is 4.72. The minimum Gasteiger partial charge on any atom is -0.490 e. The summed E-state index contributed by atoms with van der Waals surface area (Å²) in [5.74, 6) is 1.11. The fourth-order valence-electron chi connectivity index (χ4n) is 2.26. The van der Waals surface area contributed by atoms with E-state index < -0.39 is 0 Å². The van der Waals surface area contributed by atoms with Gasteiger partial charge in [0.15, 0.2) is 11.5 Å². The van der Waals surface area contributed by atoms with E-state index >= 15 is 0 Å². The Bertz CT molecular complexity index is 659. The maximum absolute atomic E-state index is 12.5. The van der Waals surface area contributed by atoms with Crippen molar-refractivity contribution in [1.82, 2.24) is 10.3 Å². The zero-order chi connectivity index (χ0) is 17.4. The molecule has 1 aromatic heterocycles. The largest absolute Gasteiger partial charge is 0.490 e. The zero-order valence-corrected chi connectivity index (χ0v) is 14.4. The third-order valence-electron chi connectivity index (χ3n) is 3.52. The monoisotopic (exact) mass is 328 g/mol. The van der Waals surface area contributed by atoms with Crippen LogP contribution in [0.15, 0.2) is 42.7 Å². The molecule has 0 aliphatic rings. The number of pyridine rings is 1. The van der Waals surface area contributed by atoms with Crippen molar-refractivity contribution >= 4 is 5.91 Å². The molecule has 5 nitrogen and oxygen atoms in total. The van der Waals surface area contributed by atoms with Crippen molar-refractivity contribution in [3.63, 3.8) is 0 Å². The van der Waals surface area contributed by atoms with Crippen LogP contribution in [0.1, 0.15) is 49.2 Å². The van der Waals surface area contributed by atoms with Gasteiger partial charge in [0.1, 0.15) is 0 Å². The number of nitrogens with zero attached hydrogens (tertiary/aromatic N) is 1. The summed E-state index contributed by atoms with van der Waals surface area (Å²) >= 11 is 0. The van der Waals surface area contributed by atoms with Crippen LogP contribution in [0.25, 0.3) is 0 Å². The van der Waals surface area contributed by atoms with E-state index in [0.29, 0.717) is 30.3 Å². The lowest BCUT2D eigenvalue weighted by atomic mass is 10.1. The standard InChI is InChI=1S/C19H24N2O3/c1-4-12-24-17-7-6-16(13-18(17)23-5-2)19(22)21-14(3)15-8-10-20-11-9-15/h6-11,13-14H,4-5,12H2,1-3H3,(H,21,22).